The summed E-state index contributed by atoms with van der Waals surface area (Å²) in [6, 6.07) is 30.3. The van der Waals surface area contributed by atoms with Crippen LogP contribution in [-0.2, 0) is 67.2 Å². The van der Waals surface area contributed by atoms with Crippen LogP contribution in [0.1, 0.15) is 50.8 Å². The summed E-state index contributed by atoms with van der Waals surface area (Å²) >= 11 is 0. The number of hydrogen-bond acceptors (Lipinski definition) is 10. The van der Waals surface area contributed by atoms with Gasteiger partial charge in [-0.25, -0.2) is 0 Å². The predicted molar refractivity (Wildman–Crippen MR) is 178 cm³/mol. The lowest BCUT2D eigenvalue weighted by molar-refractivity contribution is -0.296. The van der Waals surface area contributed by atoms with Crippen LogP contribution in [0.4, 0.5) is 0 Å². The highest BCUT2D eigenvalue weighted by molar-refractivity contribution is 5.15. The summed E-state index contributed by atoms with van der Waals surface area (Å²) in [6.07, 6.45) is -3.64. The molecule has 3 aromatic carbocycles. The number of rotatable bonds is 13. The highest BCUT2D eigenvalue weighted by Gasteiger charge is 2.60. The van der Waals surface area contributed by atoms with Crippen LogP contribution in [0.5, 0.6) is 0 Å². The van der Waals surface area contributed by atoms with E-state index >= 15 is 0 Å². The first-order chi connectivity index (χ1) is 23.7. The van der Waals surface area contributed by atoms with Crippen molar-refractivity contribution in [1.29, 1.82) is 0 Å². The van der Waals surface area contributed by atoms with Crippen molar-refractivity contribution in [3.8, 4) is 0 Å². The van der Waals surface area contributed by atoms with Gasteiger partial charge in [-0.05, 0) is 44.4 Å². The smallest absolute Gasteiger partial charge is 0.190 e. The summed E-state index contributed by atoms with van der Waals surface area (Å²) in [6.45, 7) is 9.30. The molecule has 0 N–H and O–H groups in total. The maximum Gasteiger partial charge on any atom is 0.190 e. The van der Waals surface area contributed by atoms with Gasteiger partial charge in [0.15, 0.2) is 24.2 Å². The molecule has 3 aromatic rings. The predicted octanol–water partition coefficient (Wildman–Crippen LogP) is 5.90. The van der Waals surface area contributed by atoms with Crippen LogP contribution in [0.25, 0.3) is 0 Å². The molecule has 0 aliphatic carbocycles. The third kappa shape index (κ3) is 8.77. The monoisotopic (exact) mass is 676 g/mol. The summed E-state index contributed by atoms with van der Waals surface area (Å²) in [5.41, 5.74) is 3.22. The minimum atomic E-state index is -0.802. The van der Waals surface area contributed by atoms with Gasteiger partial charge in [-0.2, -0.15) is 0 Å². The van der Waals surface area contributed by atoms with Gasteiger partial charge in [0.1, 0.15) is 36.6 Å². The highest BCUT2D eigenvalue weighted by Crippen LogP contribution is 2.44. The van der Waals surface area contributed by atoms with Crippen molar-refractivity contribution in [3.05, 3.63) is 108 Å². The topological polar surface area (TPSA) is 92.3 Å². The van der Waals surface area contributed by atoms with Gasteiger partial charge in [-0.1, -0.05) is 91.0 Å². The first-order valence-corrected chi connectivity index (χ1v) is 17.3. The van der Waals surface area contributed by atoms with Crippen LogP contribution in [0.2, 0.25) is 0 Å². The molecule has 7 rings (SSSR count). The van der Waals surface area contributed by atoms with E-state index in [1.165, 1.54) is 0 Å². The molecule has 4 aliphatic rings. The average molecular weight is 677 g/mol. The molecule has 0 radical (unpaired) electrons. The molecule has 4 saturated heterocycles. The van der Waals surface area contributed by atoms with Crippen molar-refractivity contribution >= 4 is 0 Å². The molecule has 9 atom stereocenters. The van der Waals surface area contributed by atoms with E-state index in [2.05, 4.69) is 24.3 Å². The molecule has 0 saturated carbocycles. The van der Waals surface area contributed by atoms with Crippen LogP contribution < -0.4 is 0 Å². The second kappa shape index (κ2) is 15.2. The van der Waals surface area contributed by atoms with Gasteiger partial charge < -0.3 is 47.4 Å². The van der Waals surface area contributed by atoms with Crippen LogP contribution in [0.15, 0.2) is 91.0 Å². The Balaban J connectivity index is 1.07. The van der Waals surface area contributed by atoms with Gasteiger partial charge in [0.05, 0.1) is 39.1 Å². The molecule has 0 bridgehead atoms. The molecule has 0 amide bonds. The fraction of sp³-hybridized carbons (Fsp3) is 0.538. The maximum absolute atomic E-state index is 6.64. The lowest BCUT2D eigenvalue weighted by Gasteiger charge is -2.42. The second-order valence-electron chi connectivity index (χ2n) is 14.0. The van der Waals surface area contributed by atoms with E-state index in [-0.39, 0.29) is 18.8 Å². The van der Waals surface area contributed by atoms with Gasteiger partial charge >= 0.3 is 0 Å². The number of benzene rings is 3. The summed E-state index contributed by atoms with van der Waals surface area (Å²) in [7, 11) is 0. The molecule has 4 aliphatic heterocycles. The molecule has 0 spiro atoms. The third-order valence-corrected chi connectivity index (χ3v) is 9.17. The zero-order chi connectivity index (χ0) is 33.8. The van der Waals surface area contributed by atoms with Crippen molar-refractivity contribution < 1.29 is 47.4 Å². The van der Waals surface area contributed by atoms with E-state index in [1.54, 1.807) is 0 Å². The Labute approximate surface area is 288 Å². The summed E-state index contributed by atoms with van der Waals surface area (Å²) in [5.74, 6) is -1.60. The van der Waals surface area contributed by atoms with E-state index in [9.17, 15) is 0 Å². The molecule has 10 heteroatoms. The molecule has 4 heterocycles. The number of fused-ring (bicyclic) bond motifs is 3. The van der Waals surface area contributed by atoms with Crippen molar-refractivity contribution in [2.45, 2.75) is 121 Å². The van der Waals surface area contributed by atoms with Crippen molar-refractivity contribution in [2.75, 3.05) is 13.2 Å². The Morgan fingerprint density at radius 3 is 1.76 bits per heavy atom. The molecule has 4 fully saturated rings. The molecule has 0 aromatic heterocycles. The summed E-state index contributed by atoms with van der Waals surface area (Å²) < 4.78 is 63.9. The minimum absolute atomic E-state index is 0.191. The Bertz CT molecular complexity index is 1450. The fourth-order valence-electron chi connectivity index (χ4n) is 6.95. The largest absolute Gasteiger partial charge is 0.374 e. The van der Waals surface area contributed by atoms with Crippen LogP contribution in [0, 0.1) is 0 Å². The van der Waals surface area contributed by atoms with Gasteiger partial charge in [0.25, 0.3) is 0 Å². The molecule has 49 heavy (non-hydrogen) atoms. The quantitative estimate of drug-likeness (QED) is 0.218. The standard InChI is InChI=1S/C39H48O10/c1-38(2)46-34-31(45-37-36(35(34)47-38)48-39(3,4)49-37)25-42-32-20-29(41-22-27-16-10-6-11-17-27)33(43-23-28-18-12-7-13-19-28)30(44-32)24-40-21-26-14-8-5-9-15-26/h5-19,29-37H,20-25H2,1-4H3. The summed E-state index contributed by atoms with van der Waals surface area (Å²) in [4.78, 5) is 0. The molecule has 264 valence electrons. The van der Waals surface area contributed by atoms with Crippen molar-refractivity contribution in [1.82, 2.24) is 0 Å². The van der Waals surface area contributed by atoms with Gasteiger partial charge in [0.2, 0.25) is 0 Å². The van der Waals surface area contributed by atoms with E-state index in [4.69, 9.17) is 47.4 Å². The van der Waals surface area contributed by atoms with Crippen molar-refractivity contribution in [2.24, 2.45) is 0 Å². The van der Waals surface area contributed by atoms with E-state index < -0.39 is 54.7 Å². The lowest BCUT2D eigenvalue weighted by atomic mass is 9.99. The fourth-order valence-corrected chi connectivity index (χ4v) is 6.95. The normalized spacial score (nSPS) is 33.2. The maximum atomic E-state index is 6.64. The van der Waals surface area contributed by atoms with Crippen LogP contribution in [0.3, 0.4) is 0 Å². The first-order valence-electron chi connectivity index (χ1n) is 17.3. The molecular formula is C39H48O10. The number of ether oxygens (including phenoxy) is 10. The highest BCUT2D eigenvalue weighted by atomic mass is 16.9. The molecular weight excluding hydrogens is 628 g/mol. The Hall–Kier alpha value is -2.74. The van der Waals surface area contributed by atoms with Gasteiger partial charge in [-0.15, -0.1) is 0 Å². The van der Waals surface area contributed by atoms with Gasteiger partial charge in [0, 0.05) is 6.42 Å². The Morgan fingerprint density at radius 1 is 0.551 bits per heavy atom. The molecule has 10 nitrogen and oxygen atoms in total. The van der Waals surface area contributed by atoms with E-state index in [0.29, 0.717) is 32.8 Å². The van der Waals surface area contributed by atoms with Crippen molar-refractivity contribution in [3.63, 3.8) is 0 Å². The third-order valence-electron chi connectivity index (χ3n) is 9.17. The molecule has 9 unspecified atom stereocenters. The Kier molecular flexibility index (Phi) is 10.8. The van der Waals surface area contributed by atoms with Crippen LogP contribution >= 0.6 is 0 Å². The number of hydrogen-bond donors (Lipinski definition) is 0. The van der Waals surface area contributed by atoms with Crippen LogP contribution in [-0.4, -0.2) is 80.1 Å². The SMILES string of the molecule is CC1(C)OC2OC(COC3CC(OCc4ccccc4)C(OCc4ccccc4)C(COCc4ccccc4)O3)C3OC(C)(C)OC3C2O1. The lowest BCUT2D eigenvalue weighted by Crippen LogP contribution is -2.57. The minimum Gasteiger partial charge on any atom is -0.374 e. The second-order valence-corrected chi connectivity index (χ2v) is 14.0. The Morgan fingerprint density at radius 2 is 1.10 bits per heavy atom. The van der Waals surface area contributed by atoms with E-state index in [1.807, 2.05) is 94.4 Å². The first kappa shape index (κ1) is 34.7. The van der Waals surface area contributed by atoms with Gasteiger partial charge in [-0.3, -0.25) is 0 Å². The zero-order valence-corrected chi connectivity index (χ0v) is 28.7. The average Bonchev–Trinajstić information content (AvgIpc) is 3.60. The summed E-state index contributed by atoms with van der Waals surface area (Å²) in [5, 5.41) is 0. The zero-order valence-electron chi connectivity index (χ0n) is 28.7. The van der Waals surface area contributed by atoms with E-state index in [0.717, 1.165) is 16.7 Å².